The van der Waals surface area contributed by atoms with Crippen molar-refractivity contribution in [2.75, 3.05) is 39.3 Å². The lowest BCUT2D eigenvalue weighted by molar-refractivity contribution is -0.0500. The summed E-state index contributed by atoms with van der Waals surface area (Å²) in [6, 6.07) is 0.590. The van der Waals surface area contributed by atoms with Gasteiger partial charge in [-0.1, -0.05) is 19.1 Å². The van der Waals surface area contributed by atoms with Crippen LogP contribution >= 0.6 is 12.2 Å². The minimum absolute atomic E-state index is 0.278. The van der Waals surface area contributed by atoms with Crippen molar-refractivity contribution in [2.24, 2.45) is 5.73 Å². The van der Waals surface area contributed by atoms with E-state index in [1.807, 2.05) is 0 Å². The van der Waals surface area contributed by atoms with Crippen molar-refractivity contribution in [3.05, 3.63) is 0 Å². The van der Waals surface area contributed by atoms with Crippen molar-refractivity contribution in [1.82, 2.24) is 9.80 Å². The third kappa shape index (κ3) is 5.29. The molecule has 0 spiro atoms. The van der Waals surface area contributed by atoms with Gasteiger partial charge in [0, 0.05) is 32.2 Å². The third-order valence-electron chi connectivity index (χ3n) is 3.19. The summed E-state index contributed by atoms with van der Waals surface area (Å²) in [6.45, 7) is 12.0. The summed E-state index contributed by atoms with van der Waals surface area (Å²) < 4.78 is 5.80. The van der Waals surface area contributed by atoms with Crippen LogP contribution in [0.15, 0.2) is 0 Å². The first-order valence-electron chi connectivity index (χ1n) is 6.39. The fraction of sp³-hybridized carbons (Fsp3) is 0.917. The SMILES string of the molecule is CCN(CC(N)=S)CC1CN(C(C)C)CCO1. The fourth-order valence-electron chi connectivity index (χ4n) is 2.14. The lowest BCUT2D eigenvalue weighted by Gasteiger charge is -2.37. The highest BCUT2D eigenvalue weighted by Crippen LogP contribution is 2.10. The number of hydrogen-bond donors (Lipinski definition) is 1. The van der Waals surface area contributed by atoms with Crippen LogP contribution in [0.25, 0.3) is 0 Å². The Labute approximate surface area is 110 Å². The second-order valence-corrected chi connectivity index (χ2v) is 5.40. The first-order chi connectivity index (χ1) is 8.02. The van der Waals surface area contributed by atoms with Gasteiger partial charge in [-0.3, -0.25) is 9.80 Å². The molecule has 0 aromatic carbocycles. The molecule has 1 rings (SSSR count). The van der Waals surface area contributed by atoms with Crippen LogP contribution in [0.5, 0.6) is 0 Å². The molecular weight excluding hydrogens is 234 g/mol. The van der Waals surface area contributed by atoms with Gasteiger partial charge < -0.3 is 10.5 Å². The molecule has 17 heavy (non-hydrogen) atoms. The van der Waals surface area contributed by atoms with Gasteiger partial charge in [0.1, 0.15) is 0 Å². The van der Waals surface area contributed by atoms with Gasteiger partial charge in [-0.05, 0) is 20.4 Å². The summed E-state index contributed by atoms with van der Waals surface area (Å²) >= 11 is 4.96. The van der Waals surface area contributed by atoms with Crippen molar-refractivity contribution >= 4 is 17.2 Å². The molecule has 0 saturated carbocycles. The van der Waals surface area contributed by atoms with Gasteiger partial charge in [0.05, 0.1) is 17.7 Å². The summed E-state index contributed by atoms with van der Waals surface area (Å²) in [4.78, 5) is 5.27. The lowest BCUT2D eigenvalue weighted by atomic mass is 10.2. The van der Waals surface area contributed by atoms with Crippen molar-refractivity contribution in [3.8, 4) is 0 Å². The first kappa shape index (κ1) is 14.8. The van der Waals surface area contributed by atoms with Gasteiger partial charge >= 0.3 is 0 Å². The highest BCUT2D eigenvalue weighted by Gasteiger charge is 2.23. The van der Waals surface area contributed by atoms with Crippen LogP contribution in [0.1, 0.15) is 20.8 Å². The van der Waals surface area contributed by atoms with E-state index >= 15 is 0 Å². The van der Waals surface area contributed by atoms with Gasteiger partial charge in [-0.2, -0.15) is 0 Å². The van der Waals surface area contributed by atoms with Crippen molar-refractivity contribution in [1.29, 1.82) is 0 Å². The summed E-state index contributed by atoms with van der Waals surface area (Å²) in [5, 5.41) is 0. The summed E-state index contributed by atoms with van der Waals surface area (Å²) in [5.74, 6) is 0. The molecule has 0 amide bonds. The summed E-state index contributed by atoms with van der Waals surface area (Å²) in [6.07, 6.45) is 0.278. The Morgan fingerprint density at radius 2 is 2.29 bits per heavy atom. The Hall–Kier alpha value is -0.230. The molecule has 2 N–H and O–H groups in total. The van der Waals surface area contributed by atoms with Crippen molar-refractivity contribution in [2.45, 2.75) is 32.9 Å². The van der Waals surface area contributed by atoms with Crippen molar-refractivity contribution < 1.29 is 4.74 Å². The van der Waals surface area contributed by atoms with Crippen LogP contribution in [0, 0.1) is 0 Å². The van der Waals surface area contributed by atoms with Gasteiger partial charge in [-0.25, -0.2) is 0 Å². The smallest absolute Gasteiger partial charge is 0.0870 e. The zero-order valence-corrected chi connectivity index (χ0v) is 12.0. The predicted octanol–water partition coefficient (Wildman–Crippen LogP) is 0.704. The van der Waals surface area contributed by atoms with Crippen LogP contribution in [-0.2, 0) is 4.74 Å². The second-order valence-electron chi connectivity index (χ2n) is 4.88. The molecule has 4 nitrogen and oxygen atoms in total. The number of hydrogen-bond acceptors (Lipinski definition) is 4. The van der Waals surface area contributed by atoms with Crippen LogP contribution in [-0.4, -0.2) is 66.3 Å². The minimum Gasteiger partial charge on any atom is -0.392 e. The molecule has 0 bridgehead atoms. The van der Waals surface area contributed by atoms with E-state index in [-0.39, 0.29) is 6.10 Å². The molecule has 0 aliphatic carbocycles. The van der Waals surface area contributed by atoms with Crippen LogP contribution in [0.3, 0.4) is 0 Å². The van der Waals surface area contributed by atoms with Crippen LogP contribution < -0.4 is 5.73 Å². The molecule has 0 radical (unpaired) electrons. The van der Waals surface area contributed by atoms with E-state index in [2.05, 4.69) is 30.6 Å². The average molecular weight is 259 g/mol. The summed E-state index contributed by atoms with van der Waals surface area (Å²) in [5.41, 5.74) is 5.59. The minimum atomic E-state index is 0.278. The molecule has 1 heterocycles. The number of morpholine rings is 1. The van der Waals surface area contributed by atoms with E-state index < -0.39 is 0 Å². The largest absolute Gasteiger partial charge is 0.392 e. The Bertz CT molecular complexity index is 248. The molecule has 5 heteroatoms. The van der Waals surface area contributed by atoms with E-state index in [1.54, 1.807) is 0 Å². The molecule has 0 aromatic rings. The number of nitrogens with zero attached hydrogens (tertiary/aromatic N) is 2. The molecule has 1 aliphatic rings. The number of rotatable bonds is 6. The normalized spacial score (nSPS) is 22.3. The van der Waals surface area contributed by atoms with E-state index in [1.165, 1.54) is 0 Å². The monoisotopic (exact) mass is 259 g/mol. The van der Waals surface area contributed by atoms with E-state index in [0.717, 1.165) is 32.8 Å². The summed E-state index contributed by atoms with van der Waals surface area (Å²) in [7, 11) is 0. The first-order valence-corrected chi connectivity index (χ1v) is 6.80. The number of thiocarbonyl (C=S) groups is 1. The zero-order chi connectivity index (χ0) is 12.8. The van der Waals surface area contributed by atoms with Gasteiger partial charge in [-0.15, -0.1) is 0 Å². The molecule has 1 saturated heterocycles. The maximum Gasteiger partial charge on any atom is 0.0870 e. The Kier molecular flexibility index (Phi) is 6.33. The maximum absolute atomic E-state index is 5.80. The number of ether oxygens (including phenoxy) is 1. The molecule has 1 unspecified atom stereocenters. The highest BCUT2D eigenvalue weighted by atomic mass is 32.1. The van der Waals surface area contributed by atoms with Gasteiger partial charge in [0.25, 0.3) is 0 Å². The van der Waals surface area contributed by atoms with Crippen molar-refractivity contribution in [3.63, 3.8) is 0 Å². The Morgan fingerprint density at radius 3 is 2.82 bits per heavy atom. The quantitative estimate of drug-likeness (QED) is 0.711. The Morgan fingerprint density at radius 1 is 1.59 bits per heavy atom. The van der Waals surface area contributed by atoms with E-state index in [4.69, 9.17) is 22.7 Å². The zero-order valence-electron chi connectivity index (χ0n) is 11.2. The number of likely N-dealkylation sites (N-methyl/N-ethyl adjacent to an activating group) is 1. The molecule has 1 aliphatic heterocycles. The lowest BCUT2D eigenvalue weighted by Crippen LogP contribution is -2.50. The van der Waals surface area contributed by atoms with Crippen LogP contribution in [0.2, 0.25) is 0 Å². The number of nitrogens with two attached hydrogens (primary N) is 1. The predicted molar refractivity (Wildman–Crippen MR) is 75.3 cm³/mol. The standard InChI is InChI=1S/C12H25N3OS/c1-4-14(9-12(13)17)7-11-8-15(10(2)3)5-6-16-11/h10-11H,4-9H2,1-3H3,(H2,13,17). The topological polar surface area (TPSA) is 41.7 Å². The fourth-order valence-corrected chi connectivity index (χ4v) is 2.32. The highest BCUT2D eigenvalue weighted by molar-refractivity contribution is 7.80. The Balaban J connectivity index is 2.41. The maximum atomic E-state index is 5.80. The second kappa shape index (κ2) is 7.26. The van der Waals surface area contributed by atoms with E-state index in [0.29, 0.717) is 17.6 Å². The van der Waals surface area contributed by atoms with E-state index in [9.17, 15) is 0 Å². The molecule has 0 aromatic heterocycles. The molecule has 1 atom stereocenters. The molecular formula is C12H25N3OS. The average Bonchev–Trinajstić information content (AvgIpc) is 2.28. The molecule has 100 valence electrons. The van der Waals surface area contributed by atoms with Crippen LogP contribution in [0.4, 0.5) is 0 Å². The van der Waals surface area contributed by atoms with Gasteiger partial charge in [0.2, 0.25) is 0 Å². The van der Waals surface area contributed by atoms with Gasteiger partial charge in [0.15, 0.2) is 0 Å². The third-order valence-corrected chi connectivity index (χ3v) is 3.32. The molecule has 1 fully saturated rings.